The van der Waals surface area contributed by atoms with Crippen LogP contribution < -0.4 is 0 Å². The third-order valence-electron chi connectivity index (χ3n) is 2.80. The monoisotopic (exact) mass is 556 g/mol. The predicted molar refractivity (Wildman–Crippen MR) is 97.4 cm³/mol. The lowest BCUT2D eigenvalue weighted by atomic mass is 10.1. The third kappa shape index (κ3) is 2.52. The van der Waals surface area contributed by atoms with Gasteiger partial charge in [-0.05, 0) is 0 Å². The number of aliphatic hydroxyl groups is 1. The van der Waals surface area contributed by atoms with Gasteiger partial charge in [0.1, 0.15) is 0 Å². The number of hydrogen-bond donors (Lipinski definition) is 1. The Kier molecular flexibility index (Phi) is 6.36. The first-order valence-electron chi connectivity index (χ1n) is 4.43. The summed E-state index contributed by atoms with van der Waals surface area (Å²) in [5, 5.41) is 7.31. The van der Waals surface area contributed by atoms with Gasteiger partial charge < -0.3 is 5.11 Å². The summed E-state index contributed by atoms with van der Waals surface area (Å²) in [5.41, 5.74) is 0. The van der Waals surface area contributed by atoms with Crippen LogP contribution in [0.2, 0.25) is 0 Å². The van der Waals surface area contributed by atoms with Gasteiger partial charge in [-0.15, -0.1) is 0 Å². The highest BCUT2D eigenvalue weighted by atomic mass is 35.6. The molecule has 0 amide bonds. The van der Waals surface area contributed by atoms with Gasteiger partial charge in [-0.25, -0.2) is 0 Å². The van der Waals surface area contributed by atoms with E-state index in [0.29, 0.717) is 0 Å². The second-order valence-corrected chi connectivity index (χ2v) is 12.6. The summed E-state index contributed by atoms with van der Waals surface area (Å²) >= 11 is 77.4. The average Bonchev–Trinajstić information content (AvgIpc) is 2.26. The van der Waals surface area contributed by atoms with Crippen molar-refractivity contribution in [3.8, 4) is 0 Å². The normalized spacial score (nSPS) is 34.0. The Morgan fingerprint density at radius 3 is 0.667 bits per heavy atom. The number of alkyl halides is 13. The zero-order valence-corrected chi connectivity index (χ0v) is 18.7. The average molecular weight is 562 g/mol. The molecule has 1 aliphatic rings. The molecule has 1 saturated carbocycles. The van der Waals surface area contributed by atoms with E-state index in [4.69, 9.17) is 151 Å². The van der Waals surface area contributed by atoms with Gasteiger partial charge in [-0.2, -0.15) is 0 Å². The van der Waals surface area contributed by atoms with Crippen molar-refractivity contribution < 1.29 is 5.11 Å². The van der Waals surface area contributed by atoms with Crippen LogP contribution in [0.15, 0.2) is 0 Å². The van der Waals surface area contributed by atoms with E-state index in [1.165, 1.54) is 0 Å². The summed E-state index contributed by atoms with van der Waals surface area (Å²) in [6.45, 7) is 0. The Labute approximate surface area is 185 Å². The van der Waals surface area contributed by atoms with E-state index >= 15 is 0 Å². The highest BCUT2D eigenvalue weighted by Crippen LogP contribution is 2.76. The second kappa shape index (κ2) is 5.86. The molecule has 1 nitrogen and oxygen atoms in total. The van der Waals surface area contributed by atoms with E-state index in [2.05, 4.69) is 0 Å². The molecular formula is C7HCl13O. The van der Waals surface area contributed by atoms with Crippen LogP contribution in [0.4, 0.5) is 0 Å². The fourth-order valence-electron chi connectivity index (χ4n) is 1.40. The lowest BCUT2D eigenvalue weighted by Crippen LogP contribution is -2.64. The molecule has 0 atom stereocenters. The number of rotatable bonds is 0. The van der Waals surface area contributed by atoms with Crippen molar-refractivity contribution >= 4 is 151 Å². The SMILES string of the molecule is OC1(Cl)C(Cl)(Cl)C(Cl)(Cl)C(Cl)(Cl)C(Cl)(Cl)C(Cl)(Cl)C1(Cl)Cl. The Morgan fingerprint density at radius 1 is 0.333 bits per heavy atom. The van der Waals surface area contributed by atoms with Crippen molar-refractivity contribution in [1.29, 1.82) is 0 Å². The van der Waals surface area contributed by atoms with Crippen LogP contribution in [-0.2, 0) is 0 Å². The van der Waals surface area contributed by atoms with E-state index in [0.717, 1.165) is 0 Å². The molecule has 0 heterocycles. The minimum absolute atomic E-state index is 2.70. The zero-order valence-electron chi connectivity index (χ0n) is 8.86. The summed E-state index contributed by atoms with van der Waals surface area (Å²) in [6.07, 6.45) is 0. The van der Waals surface area contributed by atoms with Crippen molar-refractivity contribution in [2.75, 3.05) is 0 Å². The maximum Gasteiger partial charge on any atom is 0.211 e. The van der Waals surface area contributed by atoms with Crippen molar-refractivity contribution in [2.45, 2.75) is 31.1 Å². The molecule has 1 aliphatic carbocycles. The topological polar surface area (TPSA) is 20.2 Å². The number of hydrogen-bond acceptors (Lipinski definition) is 1. The van der Waals surface area contributed by atoms with Gasteiger partial charge in [-0.1, -0.05) is 151 Å². The fraction of sp³-hybridized carbons (Fsp3) is 1.00. The minimum atomic E-state index is -3.10. The van der Waals surface area contributed by atoms with Gasteiger partial charge in [0.05, 0.1) is 0 Å². The molecule has 1 rings (SSSR count). The maximum absolute atomic E-state index is 10.4. The van der Waals surface area contributed by atoms with Crippen LogP contribution >= 0.6 is 151 Å². The quantitative estimate of drug-likeness (QED) is 0.250. The standard InChI is InChI=1S/C7HCl13O/c8-1(9)2(10,11)4(14,15)6(18,19)7(20,21)5(16,17)3(1,12)13/h21H. The van der Waals surface area contributed by atoms with Crippen LogP contribution in [0.25, 0.3) is 0 Å². The Hall–Kier alpha value is 3.73. The molecule has 14 heteroatoms. The van der Waals surface area contributed by atoms with Crippen LogP contribution in [-0.4, -0.2) is 36.2 Å². The maximum atomic E-state index is 10.4. The lowest BCUT2D eigenvalue weighted by Gasteiger charge is -2.46. The van der Waals surface area contributed by atoms with Crippen LogP contribution in [0.1, 0.15) is 0 Å². The summed E-state index contributed by atoms with van der Waals surface area (Å²) < 4.78 is -16.6. The van der Waals surface area contributed by atoms with Crippen molar-refractivity contribution in [2.24, 2.45) is 0 Å². The molecular weight excluding hydrogens is 561 g/mol. The number of halogens is 13. The van der Waals surface area contributed by atoms with Crippen LogP contribution in [0.3, 0.4) is 0 Å². The third-order valence-corrected chi connectivity index (χ3v) is 12.5. The summed E-state index contributed by atoms with van der Waals surface area (Å²) in [4.78, 5) is 0. The van der Waals surface area contributed by atoms with Gasteiger partial charge in [0.25, 0.3) is 0 Å². The highest BCUT2D eigenvalue weighted by molar-refractivity contribution is 6.80. The molecule has 0 aromatic heterocycles. The molecule has 0 radical (unpaired) electrons. The lowest BCUT2D eigenvalue weighted by molar-refractivity contribution is 0.0879. The zero-order chi connectivity index (χ0) is 17.5. The molecule has 0 aromatic carbocycles. The van der Waals surface area contributed by atoms with Crippen molar-refractivity contribution in [3.05, 3.63) is 0 Å². The van der Waals surface area contributed by atoms with Gasteiger partial charge >= 0.3 is 0 Å². The van der Waals surface area contributed by atoms with E-state index in [1.807, 2.05) is 0 Å². The molecule has 0 aliphatic heterocycles. The first-order valence-corrected chi connectivity index (χ1v) is 9.34. The first kappa shape index (κ1) is 22.8. The molecule has 0 saturated heterocycles. The van der Waals surface area contributed by atoms with E-state index in [-0.39, 0.29) is 0 Å². The minimum Gasteiger partial charge on any atom is -0.370 e. The van der Waals surface area contributed by atoms with Crippen molar-refractivity contribution in [3.63, 3.8) is 0 Å². The molecule has 0 aromatic rings. The van der Waals surface area contributed by atoms with E-state index in [1.54, 1.807) is 0 Å². The summed E-state index contributed by atoms with van der Waals surface area (Å²) in [5.74, 6) is 0. The van der Waals surface area contributed by atoms with E-state index in [9.17, 15) is 5.11 Å². The molecule has 0 unspecified atom stereocenters. The highest BCUT2D eigenvalue weighted by Gasteiger charge is 2.88. The largest absolute Gasteiger partial charge is 0.370 e. The molecule has 126 valence electrons. The molecule has 0 spiro atoms. The Morgan fingerprint density at radius 2 is 0.476 bits per heavy atom. The smallest absolute Gasteiger partial charge is 0.211 e. The van der Waals surface area contributed by atoms with E-state index < -0.39 is 31.1 Å². The first-order chi connectivity index (χ1) is 8.75. The molecule has 1 N–H and O–H groups in total. The summed E-state index contributed by atoms with van der Waals surface area (Å²) in [6, 6.07) is 0. The van der Waals surface area contributed by atoms with Crippen LogP contribution in [0, 0.1) is 0 Å². The van der Waals surface area contributed by atoms with Gasteiger partial charge in [0, 0.05) is 0 Å². The van der Waals surface area contributed by atoms with Crippen molar-refractivity contribution in [1.82, 2.24) is 0 Å². The van der Waals surface area contributed by atoms with Crippen LogP contribution in [0.5, 0.6) is 0 Å². The Bertz CT molecular complexity index is 304. The fourth-order valence-corrected chi connectivity index (χ4v) is 6.23. The Balaban J connectivity index is 3.97. The van der Waals surface area contributed by atoms with Gasteiger partial charge in [-0.3, -0.25) is 0 Å². The van der Waals surface area contributed by atoms with Gasteiger partial charge in [0.15, 0.2) is 26.0 Å². The molecule has 1 fully saturated rings. The van der Waals surface area contributed by atoms with Gasteiger partial charge in [0.2, 0.25) is 5.06 Å². The second-order valence-electron chi connectivity index (χ2n) is 4.07. The molecule has 21 heavy (non-hydrogen) atoms. The summed E-state index contributed by atoms with van der Waals surface area (Å²) in [7, 11) is 0. The predicted octanol–water partition coefficient (Wildman–Crippen LogP) is 6.97. The molecule has 0 bridgehead atoms.